The van der Waals surface area contributed by atoms with Crippen molar-refractivity contribution in [1.82, 2.24) is 19.9 Å². The minimum absolute atomic E-state index is 0.0443. The number of ether oxygens (including phenoxy) is 2. The molecule has 198 valence electrons. The topological polar surface area (TPSA) is 106 Å². The summed E-state index contributed by atoms with van der Waals surface area (Å²) in [5.41, 5.74) is 3.60. The SMILES string of the molecule is [C-]#[N+]c1c(-c2cccc(OC)c2)nc(SCc2cccc(NCc3ccc(Oc4cnccn4)cc3)c2)[nH]c1=O. The Morgan fingerprint density at radius 1 is 1.00 bits per heavy atom. The fourth-order valence-electron chi connectivity index (χ4n) is 3.85. The summed E-state index contributed by atoms with van der Waals surface area (Å²) in [6.07, 6.45) is 4.75. The molecule has 0 radical (unpaired) electrons. The van der Waals surface area contributed by atoms with Gasteiger partial charge in [0.1, 0.15) is 11.5 Å². The van der Waals surface area contributed by atoms with Gasteiger partial charge in [0.25, 0.3) is 11.2 Å². The minimum Gasteiger partial charge on any atom is -0.497 e. The van der Waals surface area contributed by atoms with Crippen LogP contribution in [-0.2, 0) is 12.3 Å². The van der Waals surface area contributed by atoms with E-state index >= 15 is 0 Å². The molecule has 0 saturated heterocycles. The van der Waals surface area contributed by atoms with Gasteiger partial charge in [0, 0.05) is 30.4 Å². The molecule has 2 aromatic heterocycles. The number of anilines is 1. The van der Waals surface area contributed by atoms with E-state index in [2.05, 4.69) is 36.2 Å². The number of methoxy groups -OCH3 is 1. The van der Waals surface area contributed by atoms with Gasteiger partial charge < -0.3 is 19.8 Å². The molecule has 2 N–H and O–H groups in total. The maximum Gasteiger partial charge on any atom is 0.276 e. The molecule has 40 heavy (non-hydrogen) atoms. The summed E-state index contributed by atoms with van der Waals surface area (Å²) in [6.45, 7) is 8.11. The molecule has 0 aliphatic heterocycles. The molecule has 0 amide bonds. The Morgan fingerprint density at radius 3 is 2.62 bits per heavy atom. The molecule has 5 rings (SSSR count). The smallest absolute Gasteiger partial charge is 0.276 e. The van der Waals surface area contributed by atoms with Crippen LogP contribution in [0, 0.1) is 6.57 Å². The van der Waals surface area contributed by atoms with E-state index in [0.29, 0.717) is 46.1 Å². The number of hydrogen-bond donors (Lipinski definition) is 2. The first-order chi connectivity index (χ1) is 19.6. The number of thioether (sulfide) groups is 1. The van der Waals surface area contributed by atoms with E-state index in [0.717, 1.165) is 16.8 Å². The summed E-state index contributed by atoms with van der Waals surface area (Å²) < 4.78 is 11.0. The lowest BCUT2D eigenvalue weighted by Crippen LogP contribution is -2.09. The molecule has 10 heteroatoms. The van der Waals surface area contributed by atoms with Crippen LogP contribution in [0.5, 0.6) is 17.4 Å². The molecule has 0 atom stereocenters. The Bertz CT molecular complexity index is 1700. The highest BCUT2D eigenvalue weighted by molar-refractivity contribution is 7.98. The Kier molecular flexibility index (Phi) is 8.34. The van der Waals surface area contributed by atoms with Crippen molar-refractivity contribution in [3.63, 3.8) is 0 Å². The quantitative estimate of drug-likeness (QED) is 0.116. The highest BCUT2D eigenvalue weighted by Crippen LogP contribution is 2.30. The molecular formula is C30H24N6O3S. The Balaban J connectivity index is 1.23. The van der Waals surface area contributed by atoms with Crippen molar-refractivity contribution in [2.75, 3.05) is 12.4 Å². The zero-order valence-corrected chi connectivity index (χ0v) is 22.3. The number of H-pyrrole nitrogens is 1. The van der Waals surface area contributed by atoms with E-state index in [1.165, 1.54) is 11.8 Å². The van der Waals surface area contributed by atoms with Crippen LogP contribution in [0.3, 0.4) is 0 Å². The highest BCUT2D eigenvalue weighted by Gasteiger charge is 2.15. The van der Waals surface area contributed by atoms with Crippen molar-refractivity contribution in [1.29, 1.82) is 0 Å². The summed E-state index contributed by atoms with van der Waals surface area (Å²) in [4.78, 5) is 31.5. The molecule has 9 nitrogen and oxygen atoms in total. The molecule has 0 saturated carbocycles. The van der Waals surface area contributed by atoms with Crippen LogP contribution < -0.4 is 20.3 Å². The van der Waals surface area contributed by atoms with Gasteiger partial charge in [-0.15, -0.1) is 0 Å². The fourth-order valence-corrected chi connectivity index (χ4v) is 4.65. The maximum atomic E-state index is 12.6. The lowest BCUT2D eigenvalue weighted by atomic mass is 10.1. The van der Waals surface area contributed by atoms with Crippen LogP contribution in [0.1, 0.15) is 11.1 Å². The van der Waals surface area contributed by atoms with Crippen LogP contribution in [0.15, 0.2) is 101 Å². The predicted molar refractivity (Wildman–Crippen MR) is 155 cm³/mol. The van der Waals surface area contributed by atoms with E-state index in [9.17, 15) is 4.79 Å². The zero-order valence-electron chi connectivity index (χ0n) is 21.5. The van der Waals surface area contributed by atoms with Crippen molar-refractivity contribution in [3.05, 3.63) is 124 Å². The number of nitrogens with one attached hydrogen (secondary N) is 2. The second kappa shape index (κ2) is 12.6. The van der Waals surface area contributed by atoms with E-state index < -0.39 is 5.56 Å². The van der Waals surface area contributed by atoms with Crippen LogP contribution in [0.25, 0.3) is 16.1 Å². The molecule has 0 fully saturated rings. The number of aromatic nitrogens is 4. The lowest BCUT2D eigenvalue weighted by molar-refractivity contribution is 0.415. The van der Waals surface area contributed by atoms with Gasteiger partial charge >= 0.3 is 0 Å². The third-order valence-electron chi connectivity index (χ3n) is 5.81. The van der Waals surface area contributed by atoms with E-state index in [1.54, 1.807) is 50.0 Å². The summed E-state index contributed by atoms with van der Waals surface area (Å²) in [7, 11) is 1.57. The molecule has 5 aromatic rings. The average Bonchev–Trinajstić information content (AvgIpc) is 3.00. The Hall–Kier alpha value is -5.14. The van der Waals surface area contributed by atoms with Gasteiger partial charge in [0.05, 0.1) is 25.6 Å². The Labute approximate surface area is 235 Å². The molecular weight excluding hydrogens is 524 g/mol. The van der Waals surface area contributed by atoms with Crippen molar-refractivity contribution in [2.24, 2.45) is 0 Å². The van der Waals surface area contributed by atoms with E-state index in [-0.39, 0.29) is 5.69 Å². The molecule has 0 aliphatic carbocycles. The van der Waals surface area contributed by atoms with Crippen LogP contribution in [0.2, 0.25) is 0 Å². The summed E-state index contributed by atoms with van der Waals surface area (Å²) in [5, 5.41) is 3.89. The van der Waals surface area contributed by atoms with Crippen LogP contribution in [-0.4, -0.2) is 27.0 Å². The molecule has 0 aliphatic rings. The van der Waals surface area contributed by atoms with Crippen molar-refractivity contribution in [3.8, 4) is 28.6 Å². The van der Waals surface area contributed by atoms with E-state index in [1.807, 2.05) is 42.5 Å². The average molecular weight is 549 g/mol. The van der Waals surface area contributed by atoms with Crippen LogP contribution >= 0.6 is 11.8 Å². The third-order valence-corrected chi connectivity index (χ3v) is 6.76. The fraction of sp³-hybridized carbons (Fsp3) is 0.100. The van der Waals surface area contributed by atoms with Gasteiger partial charge in [0.15, 0.2) is 5.16 Å². The zero-order chi connectivity index (χ0) is 27.7. The largest absolute Gasteiger partial charge is 0.497 e. The molecule has 0 spiro atoms. The number of rotatable bonds is 10. The highest BCUT2D eigenvalue weighted by atomic mass is 32.2. The first-order valence-electron chi connectivity index (χ1n) is 12.3. The van der Waals surface area contributed by atoms with Gasteiger partial charge in [-0.3, -0.25) is 9.78 Å². The monoisotopic (exact) mass is 548 g/mol. The second-order valence-corrected chi connectivity index (χ2v) is 9.51. The predicted octanol–water partition coefficient (Wildman–Crippen LogP) is 6.48. The summed E-state index contributed by atoms with van der Waals surface area (Å²) >= 11 is 1.40. The van der Waals surface area contributed by atoms with Crippen molar-refractivity contribution in [2.45, 2.75) is 17.5 Å². The van der Waals surface area contributed by atoms with Crippen molar-refractivity contribution >= 4 is 23.1 Å². The number of aromatic amines is 1. The number of benzene rings is 3. The van der Waals surface area contributed by atoms with Gasteiger partial charge in [-0.2, -0.15) is 0 Å². The van der Waals surface area contributed by atoms with Gasteiger partial charge in [-0.25, -0.2) is 14.8 Å². The first-order valence-corrected chi connectivity index (χ1v) is 13.2. The van der Waals surface area contributed by atoms with Gasteiger partial charge in [-0.1, -0.05) is 48.2 Å². The lowest BCUT2D eigenvalue weighted by Gasteiger charge is -2.10. The molecule has 0 unspecified atom stereocenters. The maximum absolute atomic E-state index is 12.6. The third kappa shape index (κ3) is 6.64. The molecule has 2 heterocycles. The summed E-state index contributed by atoms with van der Waals surface area (Å²) in [6, 6.07) is 23.0. The van der Waals surface area contributed by atoms with E-state index in [4.69, 9.17) is 16.0 Å². The standard InChI is InChI=1S/C30H24N6O3S/c1-31-28-27(22-6-4-8-25(16-22)38-2)35-30(36-29(28)37)40-19-21-5-3-7-23(15-21)34-17-20-9-11-24(12-10-20)39-26-18-32-13-14-33-26/h3-16,18,34H,17,19H2,2H3,(H,35,36,37). The molecule has 0 bridgehead atoms. The molecule has 3 aromatic carbocycles. The number of nitrogens with zero attached hydrogens (tertiary/aromatic N) is 4. The minimum atomic E-state index is -0.464. The van der Waals surface area contributed by atoms with Crippen LogP contribution in [0.4, 0.5) is 11.4 Å². The Morgan fingerprint density at radius 2 is 1.85 bits per heavy atom. The second-order valence-electron chi connectivity index (χ2n) is 8.54. The van der Waals surface area contributed by atoms with Gasteiger partial charge in [-0.05, 0) is 53.1 Å². The van der Waals surface area contributed by atoms with Crippen molar-refractivity contribution < 1.29 is 9.47 Å². The summed E-state index contributed by atoms with van der Waals surface area (Å²) in [5.74, 6) is 2.34. The normalized spacial score (nSPS) is 10.5. The first kappa shape index (κ1) is 26.5. The number of hydrogen-bond acceptors (Lipinski definition) is 8. The van der Waals surface area contributed by atoms with Gasteiger partial charge in [0.2, 0.25) is 5.88 Å².